The average molecular weight is 316 g/mol. The van der Waals surface area contributed by atoms with Gasteiger partial charge in [-0.3, -0.25) is 14.5 Å². The highest BCUT2D eigenvalue weighted by Crippen LogP contribution is 2.38. The minimum Gasteiger partial charge on any atom is -0.391 e. The third-order valence-corrected chi connectivity index (χ3v) is 3.64. The van der Waals surface area contributed by atoms with Crippen LogP contribution in [-0.4, -0.2) is 28.9 Å². The van der Waals surface area contributed by atoms with E-state index in [4.69, 9.17) is 0 Å². The van der Waals surface area contributed by atoms with Crippen molar-refractivity contribution in [1.29, 1.82) is 0 Å². The molecule has 1 amide bonds. The summed E-state index contributed by atoms with van der Waals surface area (Å²) in [4.78, 5) is 24.9. The van der Waals surface area contributed by atoms with Crippen LogP contribution in [0.5, 0.6) is 0 Å². The molecule has 2 atom stereocenters. The molecule has 2 unspecified atom stereocenters. The molecule has 1 heterocycles. The number of halogens is 2. The van der Waals surface area contributed by atoms with Gasteiger partial charge < -0.3 is 5.11 Å². The second-order valence-corrected chi connectivity index (χ2v) is 5.12. The monoisotopic (exact) mass is 315 g/mol. The number of carbonyl (C=O) groups is 2. The van der Waals surface area contributed by atoms with Crippen LogP contribution in [0.2, 0.25) is 0 Å². The zero-order valence-electron chi connectivity index (χ0n) is 9.78. The van der Waals surface area contributed by atoms with Gasteiger partial charge in [0.1, 0.15) is 5.82 Å². The molecule has 0 bridgehead atoms. The van der Waals surface area contributed by atoms with Crippen molar-refractivity contribution in [2.24, 2.45) is 0 Å². The fraction of sp³-hybridized carbons (Fsp3) is 0.333. The molecule has 0 fully saturated rings. The van der Waals surface area contributed by atoms with Crippen molar-refractivity contribution in [2.75, 3.05) is 4.90 Å². The van der Waals surface area contributed by atoms with Gasteiger partial charge in [-0.1, -0.05) is 0 Å². The molecule has 0 saturated carbocycles. The summed E-state index contributed by atoms with van der Waals surface area (Å²) in [5.74, 6) is -2.09. The number of aliphatic hydroxyl groups is 1. The Labute approximate surface area is 112 Å². The minimum atomic E-state index is -0.801. The number of hydrogen-bond donors (Lipinski definition) is 1. The molecule has 1 aliphatic heterocycles. The number of hydrogen-bond acceptors (Lipinski definition) is 3. The van der Waals surface area contributed by atoms with E-state index in [1.54, 1.807) is 6.92 Å². The Kier molecular flexibility index (Phi) is 3.25. The SMILES string of the molecule is CC(O)C(C)N1C(=O)C(=O)c2cc(F)cc(Br)c21. The molecule has 96 valence electrons. The number of fused-ring (bicyclic) bond motifs is 1. The Morgan fingerprint density at radius 2 is 1.94 bits per heavy atom. The van der Waals surface area contributed by atoms with Gasteiger partial charge in [-0.05, 0) is 41.9 Å². The highest BCUT2D eigenvalue weighted by Gasteiger charge is 2.41. The van der Waals surface area contributed by atoms with Crippen molar-refractivity contribution >= 4 is 33.3 Å². The van der Waals surface area contributed by atoms with Crippen molar-refractivity contribution < 1.29 is 19.1 Å². The maximum atomic E-state index is 13.2. The van der Waals surface area contributed by atoms with Crippen molar-refractivity contribution in [2.45, 2.75) is 26.0 Å². The summed E-state index contributed by atoms with van der Waals surface area (Å²) in [7, 11) is 0. The number of anilines is 1. The van der Waals surface area contributed by atoms with Gasteiger partial charge in [0.2, 0.25) is 0 Å². The summed E-state index contributed by atoms with van der Waals surface area (Å²) in [6, 6.07) is 1.66. The molecule has 1 N–H and O–H groups in total. The standard InChI is InChI=1S/C12H11BrFNO3/c1-5(6(2)16)15-10-8(11(17)12(15)18)3-7(14)4-9(10)13/h3-6,16H,1-2H3. The van der Waals surface area contributed by atoms with Gasteiger partial charge in [0.15, 0.2) is 0 Å². The van der Waals surface area contributed by atoms with Gasteiger partial charge in [-0.25, -0.2) is 4.39 Å². The summed E-state index contributed by atoms with van der Waals surface area (Å²) < 4.78 is 13.6. The molecule has 1 aromatic carbocycles. The molecule has 2 rings (SSSR count). The molecule has 0 radical (unpaired) electrons. The largest absolute Gasteiger partial charge is 0.391 e. The van der Waals surface area contributed by atoms with E-state index in [1.807, 2.05) is 0 Å². The second-order valence-electron chi connectivity index (χ2n) is 4.27. The van der Waals surface area contributed by atoms with Gasteiger partial charge in [-0.15, -0.1) is 0 Å². The predicted octanol–water partition coefficient (Wildman–Crippen LogP) is 1.89. The molecule has 1 aromatic rings. The third-order valence-electron chi connectivity index (χ3n) is 3.03. The van der Waals surface area contributed by atoms with Crippen LogP contribution in [0.1, 0.15) is 24.2 Å². The van der Waals surface area contributed by atoms with Gasteiger partial charge in [-0.2, -0.15) is 0 Å². The summed E-state index contributed by atoms with van der Waals surface area (Å²) in [6.45, 7) is 3.15. The first-order valence-electron chi connectivity index (χ1n) is 5.39. The predicted molar refractivity (Wildman–Crippen MR) is 67.1 cm³/mol. The van der Waals surface area contributed by atoms with E-state index in [2.05, 4.69) is 15.9 Å². The molecule has 1 aliphatic rings. The summed E-state index contributed by atoms with van der Waals surface area (Å²) in [6.07, 6.45) is -0.801. The van der Waals surface area contributed by atoms with Crippen molar-refractivity contribution in [3.8, 4) is 0 Å². The highest BCUT2D eigenvalue weighted by molar-refractivity contribution is 9.10. The lowest BCUT2D eigenvalue weighted by atomic mass is 10.1. The summed E-state index contributed by atoms with van der Waals surface area (Å²) in [5.41, 5.74) is 0.346. The van der Waals surface area contributed by atoms with Crippen LogP contribution in [-0.2, 0) is 4.79 Å². The highest BCUT2D eigenvalue weighted by atomic mass is 79.9. The van der Waals surface area contributed by atoms with Crippen LogP contribution >= 0.6 is 15.9 Å². The average Bonchev–Trinajstić information content (AvgIpc) is 2.52. The molecule has 0 saturated heterocycles. The van der Waals surface area contributed by atoms with Gasteiger partial charge in [0.25, 0.3) is 11.7 Å². The molecule has 0 aliphatic carbocycles. The molecule has 0 aromatic heterocycles. The second kappa shape index (κ2) is 4.44. The molecular weight excluding hydrogens is 305 g/mol. The number of Topliss-reactive ketones (excluding diaryl/α,β-unsaturated/α-hetero) is 1. The number of carbonyl (C=O) groups excluding carboxylic acids is 2. The zero-order chi connectivity index (χ0) is 13.6. The summed E-state index contributed by atoms with van der Waals surface area (Å²) >= 11 is 3.14. The first-order valence-corrected chi connectivity index (χ1v) is 6.19. The van der Waals surface area contributed by atoms with E-state index in [0.717, 1.165) is 6.07 Å². The van der Waals surface area contributed by atoms with Crippen LogP contribution in [0.3, 0.4) is 0 Å². The van der Waals surface area contributed by atoms with Crippen molar-refractivity contribution in [1.82, 2.24) is 0 Å². The quantitative estimate of drug-likeness (QED) is 0.848. The normalized spacial score (nSPS) is 17.9. The van der Waals surface area contributed by atoms with Gasteiger partial charge in [0.05, 0.1) is 23.4 Å². The lowest BCUT2D eigenvalue weighted by molar-refractivity contribution is -0.115. The van der Waals surface area contributed by atoms with E-state index in [-0.39, 0.29) is 5.56 Å². The Bertz CT molecular complexity index is 544. The van der Waals surface area contributed by atoms with Gasteiger partial charge >= 0.3 is 0 Å². The Balaban J connectivity index is 2.62. The molecular formula is C12H11BrFNO3. The first kappa shape index (κ1) is 13.2. The Morgan fingerprint density at radius 1 is 1.33 bits per heavy atom. The molecule has 6 heteroatoms. The van der Waals surface area contributed by atoms with Crippen LogP contribution in [0.4, 0.5) is 10.1 Å². The number of amides is 1. The number of benzene rings is 1. The van der Waals surface area contributed by atoms with Crippen LogP contribution in [0.15, 0.2) is 16.6 Å². The number of nitrogens with zero attached hydrogens (tertiary/aromatic N) is 1. The smallest absolute Gasteiger partial charge is 0.299 e. The lowest BCUT2D eigenvalue weighted by Crippen LogP contribution is -2.43. The van der Waals surface area contributed by atoms with Crippen LogP contribution in [0, 0.1) is 5.82 Å². The first-order chi connectivity index (χ1) is 8.34. The number of aliphatic hydroxyl groups excluding tert-OH is 1. The maximum absolute atomic E-state index is 13.2. The van der Waals surface area contributed by atoms with Crippen molar-refractivity contribution in [3.63, 3.8) is 0 Å². The molecule has 4 nitrogen and oxygen atoms in total. The topological polar surface area (TPSA) is 57.6 Å². The number of ketones is 1. The fourth-order valence-electron chi connectivity index (χ4n) is 1.91. The van der Waals surface area contributed by atoms with Crippen LogP contribution < -0.4 is 4.90 Å². The molecule has 0 spiro atoms. The van der Waals surface area contributed by atoms with E-state index in [1.165, 1.54) is 17.9 Å². The maximum Gasteiger partial charge on any atom is 0.299 e. The number of rotatable bonds is 2. The Morgan fingerprint density at radius 3 is 2.50 bits per heavy atom. The van der Waals surface area contributed by atoms with E-state index in [9.17, 15) is 19.1 Å². The molecule has 18 heavy (non-hydrogen) atoms. The lowest BCUT2D eigenvalue weighted by Gasteiger charge is -2.27. The van der Waals surface area contributed by atoms with Crippen LogP contribution in [0.25, 0.3) is 0 Å². The van der Waals surface area contributed by atoms with E-state index >= 15 is 0 Å². The third kappa shape index (κ3) is 1.85. The van der Waals surface area contributed by atoms with Gasteiger partial charge in [0, 0.05) is 4.47 Å². The van der Waals surface area contributed by atoms with E-state index in [0.29, 0.717) is 10.2 Å². The minimum absolute atomic E-state index is 0.0272. The van der Waals surface area contributed by atoms with Crippen molar-refractivity contribution in [3.05, 3.63) is 28.0 Å². The fourth-order valence-corrected chi connectivity index (χ4v) is 2.54. The zero-order valence-corrected chi connectivity index (χ0v) is 11.4. The van der Waals surface area contributed by atoms with E-state index < -0.39 is 29.7 Å². The Hall–Kier alpha value is -1.27. The summed E-state index contributed by atoms with van der Waals surface area (Å²) in [5, 5.41) is 9.56.